The molecule has 2 amide bonds. The van der Waals surface area contributed by atoms with E-state index >= 15 is 0 Å². The molecule has 7 nitrogen and oxygen atoms in total. The highest BCUT2D eigenvalue weighted by atomic mass is 16.5. The van der Waals surface area contributed by atoms with Crippen LogP contribution in [0, 0.1) is 0 Å². The molecule has 1 atom stereocenters. The fraction of sp³-hybridized carbons (Fsp3) is 0.353. The van der Waals surface area contributed by atoms with Gasteiger partial charge in [0.1, 0.15) is 5.75 Å². The van der Waals surface area contributed by atoms with Crippen LogP contribution in [0.15, 0.2) is 36.7 Å². The van der Waals surface area contributed by atoms with E-state index in [-0.39, 0.29) is 24.3 Å². The Morgan fingerprint density at radius 2 is 2.00 bits per heavy atom. The number of ether oxygens (including phenoxy) is 1. The number of amides is 2. The van der Waals surface area contributed by atoms with Crippen LogP contribution in [0.5, 0.6) is 5.75 Å². The molecule has 24 heavy (non-hydrogen) atoms. The molecule has 2 rings (SSSR count). The fourth-order valence-corrected chi connectivity index (χ4v) is 2.19. The molecule has 1 aromatic carbocycles. The third kappa shape index (κ3) is 4.84. The average molecular weight is 330 g/mol. The molecule has 128 valence electrons. The molecule has 1 unspecified atom stereocenters. The number of nitrogens with one attached hydrogen (secondary N) is 2. The molecule has 0 radical (unpaired) electrons. The van der Waals surface area contributed by atoms with Crippen LogP contribution in [0.25, 0.3) is 5.69 Å². The van der Waals surface area contributed by atoms with Gasteiger partial charge >= 0.3 is 0 Å². The van der Waals surface area contributed by atoms with E-state index in [4.69, 9.17) is 4.74 Å². The summed E-state index contributed by atoms with van der Waals surface area (Å²) in [5.41, 5.74) is 1.81. The highest BCUT2D eigenvalue weighted by molar-refractivity contribution is 5.78. The second-order valence-electron chi connectivity index (χ2n) is 5.44. The molecule has 0 fully saturated rings. The molecule has 0 aliphatic heterocycles. The first kappa shape index (κ1) is 17.5. The zero-order chi connectivity index (χ0) is 17.5. The predicted octanol–water partition coefficient (Wildman–Crippen LogP) is 1.58. The second kappa shape index (κ2) is 8.14. The highest BCUT2D eigenvalue weighted by Gasteiger charge is 2.12. The Morgan fingerprint density at radius 3 is 2.62 bits per heavy atom. The maximum Gasteiger partial charge on any atom is 0.222 e. The maximum absolute atomic E-state index is 11.9. The molecule has 1 aromatic heterocycles. The molecule has 0 spiro atoms. The van der Waals surface area contributed by atoms with Gasteiger partial charge in [0, 0.05) is 31.6 Å². The van der Waals surface area contributed by atoms with Crippen molar-refractivity contribution in [3.05, 3.63) is 42.2 Å². The number of hydrogen-bond donors (Lipinski definition) is 2. The van der Waals surface area contributed by atoms with Crippen LogP contribution in [0.3, 0.4) is 0 Å². The Hall–Kier alpha value is -2.83. The number of benzene rings is 1. The lowest BCUT2D eigenvalue weighted by Gasteiger charge is -2.12. The minimum Gasteiger partial charge on any atom is -0.497 e. The van der Waals surface area contributed by atoms with Crippen molar-refractivity contribution in [3.8, 4) is 11.4 Å². The van der Waals surface area contributed by atoms with Gasteiger partial charge in [0.15, 0.2) is 0 Å². The maximum atomic E-state index is 11.9. The van der Waals surface area contributed by atoms with E-state index in [9.17, 15) is 9.59 Å². The van der Waals surface area contributed by atoms with Gasteiger partial charge in [-0.15, -0.1) is 0 Å². The first-order valence-electron chi connectivity index (χ1n) is 7.72. The van der Waals surface area contributed by atoms with Gasteiger partial charge in [-0.25, -0.2) is 4.68 Å². The van der Waals surface area contributed by atoms with Crippen LogP contribution in [0.1, 0.15) is 31.9 Å². The zero-order valence-electron chi connectivity index (χ0n) is 14.1. The monoisotopic (exact) mass is 330 g/mol. The van der Waals surface area contributed by atoms with Gasteiger partial charge in [0.05, 0.1) is 25.0 Å². The number of methoxy groups -OCH3 is 1. The van der Waals surface area contributed by atoms with Crippen LogP contribution < -0.4 is 15.4 Å². The number of aromatic nitrogens is 2. The van der Waals surface area contributed by atoms with Gasteiger partial charge < -0.3 is 15.4 Å². The summed E-state index contributed by atoms with van der Waals surface area (Å²) in [7, 11) is 1.62. The van der Waals surface area contributed by atoms with Crippen molar-refractivity contribution < 1.29 is 14.3 Å². The summed E-state index contributed by atoms with van der Waals surface area (Å²) in [6, 6.07) is 7.38. The fourth-order valence-electron chi connectivity index (χ4n) is 2.19. The number of carbonyl (C=O) groups is 2. The predicted molar refractivity (Wildman–Crippen MR) is 90.0 cm³/mol. The SMILES string of the molecule is COc1ccc(-n2cc(C(C)NC(=O)CCNC(C)=O)cn2)cc1. The number of hydrogen-bond acceptors (Lipinski definition) is 4. The van der Waals surface area contributed by atoms with Gasteiger partial charge in [-0.3, -0.25) is 9.59 Å². The smallest absolute Gasteiger partial charge is 0.222 e. The van der Waals surface area contributed by atoms with Crippen LogP contribution in [0.4, 0.5) is 0 Å². The minimum absolute atomic E-state index is 0.117. The Bertz CT molecular complexity index is 694. The van der Waals surface area contributed by atoms with Crippen molar-refractivity contribution in [2.75, 3.05) is 13.7 Å². The third-order valence-corrected chi connectivity index (χ3v) is 3.54. The van der Waals surface area contributed by atoms with Crippen LogP contribution in [0.2, 0.25) is 0 Å². The lowest BCUT2D eigenvalue weighted by Crippen LogP contribution is -2.31. The molecular weight excluding hydrogens is 308 g/mol. The van der Waals surface area contributed by atoms with E-state index < -0.39 is 0 Å². The van der Waals surface area contributed by atoms with Gasteiger partial charge in [0.25, 0.3) is 0 Å². The standard InChI is InChI=1S/C17H22N4O3/c1-12(20-17(23)8-9-18-13(2)22)14-10-19-21(11-14)15-4-6-16(24-3)7-5-15/h4-7,10-12H,8-9H2,1-3H3,(H,18,22)(H,20,23). The molecule has 0 bridgehead atoms. The van der Waals surface area contributed by atoms with E-state index in [2.05, 4.69) is 15.7 Å². The van der Waals surface area contributed by atoms with Crippen LogP contribution >= 0.6 is 0 Å². The van der Waals surface area contributed by atoms with Crippen molar-refractivity contribution in [1.82, 2.24) is 20.4 Å². The van der Waals surface area contributed by atoms with E-state index in [1.807, 2.05) is 37.4 Å². The summed E-state index contributed by atoms with van der Waals surface area (Å²) >= 11 is 0. The zero-order valence-corrected chi connectivity index (χ0v) is 14.1. The topological polar surface area (TPSA) is 85.2 Å². The van der Waals surface area contributed by atoms with E-state index in [1.165, 1.54) is 6.92 Å². The molecular formula is C17H22N4O3. The lowest BCUT2D eigenvalue weighted by atomic mass is 10.2. The van der Waals surface area contributed by atoms with Crippen molar-refractivity contribution >= 4 is 11.8 Å². The molecule has 2 aromatic rings. The van der Waals surface area contributed by atoms with Gasteiger partial charge in [-0.1, -0.05) is 0 Å². The first-order valence-corrected chi connectivity index (χ1v) is 7.72. The first-order chi connectivity index (χ1) is 11.5. The molecule has 7 heteroatoms. The summed E-state index contributed by atoms with van der Waals surface area (Å²) in [4.78, 5) is 22.6. The third-order valence-electron chi connectivity index (χ3n) is 3.54. The van der Waals surface area contributed by atoms with Crippen molar-refractivity contribution in [3.63, 3.8) is 0 Å². The van der Waals surface area contributed by atoms with E-state index in [0.717, 1.165) is 17.0 Å². The second-order valence-corrected chi connectivity index (χ2v) is 5.44. The Balaban J connectivity index is 1.93. The van der Waals surface area contributed by atoms with Gasteiger partial charge in [-0.2, -0.15) is 5.10 Å². The van der Waals surface area contributed by atoms with Crippen molar-refractivity contribution in [1.29, 1.82) is 0 Å². The summed E-state index contributed by atoms with van der Waals surface area (Å²) in [5.74, 6) is 0.524. The largest absolute Gasteiger partial charge is 0.497 e. The number of nitrogens with zero attached hydrogens (tertiary/aromatic N) is 2. The van der Waals surface area contributed by atoms with Crippen molar-refractivity contribution in [2.24, 2.45) is 0 Å². The van der Waals surface area contributed by atoms with Gasteiger partial charge in [-0.05, 0) is 31.2 Å². The van der Waals surface area contributed by atoms with Crippen LogP contribution in [-0.2, 0) is 9.59 Å². The normalized spacial score (nSPS) is 11.6. The summed E-state index contributed by atoms with van der Waals surface area (Å²) in [6.45, 7) is 3.65. The van der Waals surface area contributed by atoms with Crippen molar-refractivity contribution in [2.45, 2.75) is 26.3 Å². The van der Waals surface area contributed by atoms with Gasteiger partial charge in [0.2, 0.25) is 11.8 Å². The quantitative estimate of drug-likeness (QED) is 0.807. The number of carbonyl (C=O) groups excluding carboxylic acids is 2. The molecule has 2 N–H and O–H groups in total. The summed E-state index contributed by atoms with van der Waals surface area (Å²) in [5, 5.41) is 9.81. The summed E-state index contributed by atoms with van der Waals surface area (Å²) < 4.78 is 6.88. The molecule has 0 saturated heterocycles. The number of rotatable bonds is 7. The minimum atomic E-state index is -0.165. The molecule has 0 aliphatic rings. The Morgan fingerprint density at radius 1 is 1.29 bits per heavy atom. The molecule has 1 heterocycles. The Labute approximate surface area is 141 Å². The summed E-state index contributed by atoms with van der Waals surface area (Å²) in [6.07, 6.45) is 3.85. The lowest BCUT2D eigenvalue weighted by molar-refractivity contribution is -0.122. The highest BCUT2D eigenvalue weighted by Crippen LogP contribution is 2.17. The van der Waals surface area contributed by atoms with E-state index in [0.29, 0.717) is 6.54 Å². The molecule has 0 saturated carbocycles. The Kier molecular flexibility index (Phi) is 5.95. The average Bonchev–Trinajstić information content (AvgIpc) is 3.04. The van der Waals surface area contributed by atoms with E-state index in [1.54, 1.807) is 18.0 Å². The molecule has 0 aliphatic carbocycles. The van der Waals surface area contributed by atoms with Crippen LogP contribution in [-0.4, -0.2) is 35.2 Å².